The summed E-state index contributed by atoms with van der Waals surface area (Å²) in [6, 6.07) is 9.88. The van der Waals surface area contributed by atoms with Crippen molar-refractivity contribution in [2.75, 3.05) is 5.32 Å². The molecule has 2 heterocycles. The number of amides is 4. The van der Waals surface area contributed by atoms with Crippen molar-refractivity contribution in [2.45, 2.75) is 18.9 Å². The SMILES string of the molecule is CC1(c2ccc(NC(=O)Cc3cccnc3)cc2)NC(=O)NC1=O. The van der Waals surface area contributed by atoms with Crippen molar-refractivity contribution in [2.24, 2.45) is 0 Å². The van der Waals surface area contributed by atoms with Gasteiger partial charge in [0.25, 0.3) is 5.91 Å². The van der Waals surface area contributed by atoms with E-state index in [-0.39, 0.29) is 12.3 Å². The summed E-state index contributed by atoms with van der Waals surface area (Å²) in [4.78, 5) is 39.2. The number of nitrogens with one attached hydrogen (secondary N) is 3. The minimum atomic E-state index is -1.10. The normalized spacial score (nSPS) is 19.5. The molecular weight excluding hydrogens is 308 g/mol. The molecule has 0 radical (unpaired) electrons. The van der Waals surface area contributed by atoms with Crippen LogP contribution in [-0.2, 0) is 21.5 Å². The van der Waals surface area contributed by atoms with E-state index in [2.05, 4.69) is 20.9 Å². The van der Waals surface area contributed by atoms with E-state index in [0.29, 0.717) is 11.3 Å². The van der Waals surface area contributed by atoms with Crippen LogP contribution in [0.2, 0.25) is 0 Å². The van der Waals surface area contributed by atoms with E-state index in [4.69, 9.17) is 0 Å². The fourth-order valence-corrected chi connectivity index (χ4v) is 2.53. The fourth-order valence-electron chi connectivity index (χ4n) is 2.53. The first-order chi connectivity index (χ1) is 11.5. The summed E-state index contributed by atoms with van der Waals surface area (Å²) in [7, 11) is 0. The first-order valence-electron chi connectivity index (χ1n) is 7.40. The lowest BCUT2D eigenvalue weighted by molar-refractivity contribution is -0.123. The standard InChI is InChI=1S/C17H16N4O3/c1-17(15(23)20-16(24)21-17)12-4-6-13(7-5-12)19-14(22)9-11-3-2-8-18-10-11/h2-8,10H,9H2,1H3,(H,19,22)(H2,20,21,23,24). The minimum absolute atomic E-state index is 0.158. The van der Waals surface area contributed by atoms with Crippen molar-refractivity contribution in [3.05, 3.63) is 59.9 Å². The number of carbonyl (C=O) groups is 3. The Labute approximate surface area is 138 Å². The number of rotatable bonds is 4. The van der Waals surface area contributed by atoms with Crippen molar-refractivity contribution < 1.29 is 14.4 Å². The van der Waals surface area contributed by atoms with Crippen LogP contribution >= 0.6 is 0 Å². The number of benzene rings is 1. The highest BCUT2D eigenvalue weighted by molar-refractivity contribution is 6.07. The Morgan fingerprint density at radius 2 is 1.96 bits per heavy atom. The molecule has 3 rings (SSSR count). The van der Waals surface area contributed by atoms with Gasteiger partial charge in [-0.15, -0.1) is 0 Å². The van der Waals surface area contributed by atoms with Gasteiger partial charge in [0.1, 0.15) is 5.54 Å². The molecule has 1 aromatic heterocycles. The van der Waals surface area contributed by atoms with Crippen LogP contribution in [0.1, 0.15) is 18.1 Å². The lowest BCUT2D eigenvalue weighted by atomic mass is 9.92. The van der Waals surface area contributed by atoms with E-state index in [0.717, 1.165) is 5.56 Å². The van der Waals surface area contributed by atoms with Crippen molar-refractivity contribution in [3.8, 4) is 0 Å². The van der Waals surface area contributed by atoms with Crippen LogP contribution in [0.15, 0.2) is 48.8 Å². The van der Waals surface area contributed by atoms with Gasteiger partial charge in [0.15, 0.2) is 0 Å². The largest absolute Gasteiger partial charge is 0.326 e. The number of hydrogen-bond acceptors (Lipinski definition) is 4. The van der Waals surface area contributed by atoms with Crippen LogP contribution in [0.4, 0.5) is 10.5 Å². The van der Waals surface area contributed by atoms with Crippen molar-refractivity contribution in [3.63, 3.8) is 0 Å². The van der Waals surface area contributed by atoms with Gasteiger partial charge in [-0.05, 0) is 36.2 Å². The zero-order valence-electron chi connectivity index (χ0n) is 13.0. The number of urea groups is 1. The molecule has 1 unspecified atom stereocenters. The predicted molar refractivity (Wildman–Crippen MR) is 87.0 cm³/mol. The molecule has 24 heavy (non-hydrogen) atoms. The Morgan fingerprint density at radius 1 is 1.21 bits per heavy atom. The Kier molecular flexibility index (Phi) is 3.99. The highest BCUT2D eigenvalue weighted by atomic mass is 16.2. The summed E-state index contributed by atoms with van der Waals surface area (Å²) < 4.78 is 0. The Morgan fingerprint density at radius 3 is 2.54 bits per heavy atom. The third-order valence-corrected chi connectivity index (χ3v) is 3.88. The molecule has 1 aliphatic heterocycles. The number of imide groups is 1. The highest BCUT2D eigenvalue weighted by Gasteiger charge is 2.43. The first-order valence-corrected chi connectivity index (χ1v) is 7.40. The first kappa shape index (κ1) is 15.7. The molecule has 0 spiro atoms. The molecule has 1 aliphatic rings. The van der Waals surface area contributed by atoms with E-state index in [1.54, 1.807) is 49.6 Å². The van der Waals surface area contributed by atoms with Gasteiger partial charge in [-0.3, -0.25) is 19.9 Å². The van der Waals surface area contributed by atoms with Crippen molar-refractivity contribution >= 4 is 23.5 Å². The van der Waals surface area contributed by atoms with E-state index >= 15 is 0 Å². The average molecular weight is 324 g/mol. The molecule has 0 aliphatic carbocycles. The molecule has 1 aromatic carbocycles. The average Bonchev–Trinajstić information content (AvgIpc) is 2.82. The second kappa shape index (κ2) is 6.11. The quantitative estimate of drug-likeness (QED) is 0.738. The number of hydrogen-bond donors (Lipinski definition) is 3. The summed E-state index contributed by atoms with van der Waals surface area (Å²) in [5.74, 6) is -0.560. The highest BCUT2D eigenvalue weighted by Crippen LogP contribution is 2.25. The van der Waals surface area contributed by atoms with Crippen LogP contribution in [0.5, 0.6) is 0 Å². The van der Waals surface area contributed by atoms with E-state index in [1.165, 1.54) is 0 Å². The molecule has 2 aromatic rings. The molecule has 122 valence electrons. The summed E-state index contributed by atoms with van der Waals surface area (Å²) in [6.07, 6.45) is 3.52. The number of nitrogens with zero attached hydrogens (tertiary/aromatic N) is 1. The predicted octanol–water partition coefficient (Wildman–Crippen LogP) is 1.32. The van der Waals surface area contributed by atoms with Crippen molar-refractivity contribution in [1.29, 1.82) is 0 Å². The number of pyridine rings is 1. The molecule has 1 fully saturated rings. The second-order valence-electron chi connectivity index (χ2n) is 5.70. The number of carbonyl (C=O) groups excluding carboxylic acids is 3. The van der Waals surface area contributed by atoms with Gasteiger partial charge in [-0.2, -0.15) is 0 Å². The topological polar surface area (TPSA) is 100 Å². The third kappa shape index (κ3) is 3.10. The molecule has 1 atom stereocenters. The minimum Gasteiger partial charge on any atom is -0.326 e. The molecule has 0 saturated carbocycles. The number of anilines is 1. The van der Waals surface area contributed by atoms with E-state index < -0.39 is 17.5 Å². The van der Waals surface area contributed by atoms with E-state index in [1.807, 2.05) is 6.07 Å². The maximum absolute atomic E-state index is 12.0. The Hall–Kier alpha value is -3.22. The van der Waals surface area contributed by atoms with Crippen LogP contribution in [0.25, 0.3) is 0 Å². The van der Waals surface area contributed by atoms with Gasteiger partial charge in [0, 0.05) is 18.1 Å². The number of aromatic nitrogens is 1. The molecular formula is C17H16N4O3. The van der Waals surface area contributed by atoms with Crippen LogP contribution in [0, 0.1) is 0 Å². The van der Waals surface area contributed by atoms with Gasteiger partial charge in [-0.25, -0.2) is 4.79 Å². The van der Waals surface area contributed by atoms with E-state index in [9.17, 15) is 14.4 Å². The smallest absolute Gasteiger partial charge is 0.322 e. The zero-order valence-corrected chi connectivity index (χ0v) is 13.0. The molecule has 3 N–H and O–H groups in total. The molecule has 1 saturated heterocycles. The van der Waals surface area contributed by atoms with Crippen LogP contribution in [0.3, 0.4) is 0 Å². The molecule has 7 heteroatoms. The Bertz CT molecular complexity index is 789. The van der Waals surface area contributed by atoms with Crippen LogP contribution in [-0.4, -0.2) is 22.8 Å². The summed E-state index contributed by atoms with van der Waals surface area (Å²) in [5, 5.41) is 7.60. The Balaban J connectivity index is 1.68. The zero-order chi connectivity index (χ0) is 17.2. The third-order valence-electron chi connectivity index (χ3n) is 3.88. The summed E-state index contributed by atoms with van der Waals surface area (Å²) in [6.45, 7) is 1.63. The molecule has 7 nitrogen and oxygen atoms in total. The van der Waals surface area contributed by atoms with Crippen LogP contribution < -0.4 is 16.0 Å². The van der Waals surface area contributed by atoms with Gasteiger partial charge in [0.2, 0.25) is 5.91 Å². The van der Waals surface area contributed by atoms with Gasteiger partial charge in [0.05, 0.1) is 6.42 Å². The van der Waals surface area contributed by atoms with Gasteiger partial charge < -0.3 is 10.6 Å². The lowest BCUT2D eigenvalue weighted by Gasteiger charge is -2.21. The fraction of sp³-hybridized carbons (Fsp3) is 0.176. The monoisotopic (exact) mass is 324 g/mol. The maximum Gasteiger partial charge on any atom is 0.322 e. The maximum atomic E-state index is 12.0. The van der Waals surface area contributed by atoms with Crippen molar-refractivity contribution in [1.82, 2.24) is 15.6 Å². The molecule has 4 amide bonds. The van der Waals surface area contributed by atoms with Gasteiger partial charge >= 0.3 is 6.03 Å². The summed E-state index contributed by atoms with van der Waals surface area (Å²) >= 11 is 0. The lowest BCUT2D eigenvalue weighted by Crippen LogP contribution is -2.40. The molecule has 0 bridgehead atoms. The second-order valence-corrected chi connectivity index (χ2v) is 5.70. The van der Waals surface area contributed by atoms with Gasteiger partial charge in [-0.1, -0.05) is 18.2 Å². The summed E-state index contributed by atoms with van der Waals surface area (Å²) in [5.41, 5.74) is 0.969.